The molecule has 194 valence electrons. The van der Waals surface area contributed by atoms with E-state index in [2.05, 4.69) is 56.4 Å². The predicted molar refractivity (Wildman–Crippen MR) is 150 cm³/mol. The number of nitrogens with zero attached hydrogens (tertiary/aromatic N) is 5. The number of hydrogen-bond donors (Lipinski definition) is 2. The molecule has 0 spiro atoms. The van der Waals surface area contributed by atoms with E-state index in [-0.39, 0.29) is 12.1 Å². The Bertz CT molecular complexity index is 1500. The van der Waals surface area contributed by atoms with Crippen molar-refractivity contribution in [3.05, 3.63) is 66.0 Å². The highest BCUT2D eigenvalue weighted by Crippen LogP contribution is 2.35. The third kappa shape index (κ3) is 4.32. The number of aromatic amines is 1. The maximum Gasteiger partial charge on any atom is 0.139 e. The normalized spacial score (nSPS) is 20.0. The molecule has 0 bridgehead atoms. The molecule has 38 heavy (non-hydrogen) atoms. The Kier molecular flexibility index (Phi) is 6.04. The molecule has 7 rings (SSSR count). The number of H-pyrrole nitrogens is 1. The van der Waals surface area contributed by atoms with Crippen molar-refractivity contribution in [3.63, 3.8) is 0 Å². The Morgan fingerprint density at radius 1 is 0.947 bits per heavy atom. The number of aliphatic imine (C=N–C) groups is 1. The fraction of sp³-hybridized carbons (Fsp3) is 0.400. The Morgan fingerprint density at radius 3 is 2.66 bits per heavy atom. The van der Waals surface area contributed by atoms with Crippen molar-refractivity contribution in [2.75, 3.05) is 31.1 Å². The maximum absolute atomic E-state index is 6.25. The van der Waals surface area contributed by atoms with Gasteiger partial charge in [0.2, 0.25) is 0 Å². The molecule has 4 aromatic heterocycles. The van der Waals surface area contributed by atoms with Gasteiger partial charge in [-0.05, 0) is 76.4 Å². The molecule has 7 heterocycles. The Balaban J connectivity index is 1.21. The van der Waals surface area contributed by atoms with E-state index in [0.29, 0.717) is 0 Å². The third-order valence-corrected chi connectivity index (χ3v) is 7.99. The average Bonchev–Trinajstić information content (AvgIpc) is 3.55. The van der Waals surface area contributed by atoms with Crippen molar-refractivity contribution >= 4 is 22.4 Å². The highest BCUT2D eigenvalue weighted by molar-refractivity contribution is 6.16. The molecule has 8 heteroatoms. The molecule has 0 aliphatic carbocycles. The van der Waals surface area contributed by atoms with Crippen molar-refractivity contribution in [3.8, 4) is 16.9 Å². The lowest BCUT2D eigenvalue weighted by atomic mass is 10.0. The molecule has 0 amide bonds. The van der Waals surface area contributed by atoms with Crippen LogP contribution in [0.25, 0.3) is 22.2 Å². The molecule has 2 saturated heterocycles. The quantitative estimate of drug-likeness (QED) is 0.393. The van der Waals surface area contributed by atoms with E-state index in [9.17, 15) is 0 Å². The van der Waals surface area contributed by atoms with Crippen LogP contribution in [0.3, 0.4) is 0 Å². The molecule has 0 saturated carbocycles. The number of aromatic nitrogens is 4. The largest absolute Gasteiger partial charge is 0.489 e. The first-order chi connectivity index (χ1) is 18.7. The zero-order chi connectivity index (χ0) is 25.5. The molecular weight excluding hydrogens is 474 g/mol. The predicted octanol–water partition coefficient (Wildman–Crippen LogP) is 5.05. The molecule has 0 aromatic carbocycles. The lowest BCUT2D eigenvalue weighted by Gasteiger charge is -2.29. The summed E-state index contributed by atoms with van der Waals surface area (Å²) < 4.78 is 6.25. The van der Waals surface area contributed by atoms with Gasteiger partial charge >= 0.3 is 0 Å². The van der Waals surface area contributed by atoms with Crippen molar-refractivity contribution < 1.29 is 4.74 Å². The van der Waals surface area contributed by atoms with E-state index in [0.717, 1.165) is 89.6 Å². The number of hydrogen-bond acceptors (Lipinski definition) is 7. The molecule has 1 atom stereocenters. The molecule has 3 aliphatic rings. The second-order valence-electron chi connectivity index (χ2n) is 10.6. The van der Waals surface area contributed by atoms with E-state index in [1.165, 1.54) is 24.9 Å². The van der Waals surface area contributed by atoms with Gasteiger partial charge in [-0.25, -0.2) is 4.98 Å². The third-order valence-electron chi connectivity index (χ3n) is 7.99. The minimum Gasteiger partial charge on any atom is -0.489 e. The summed E-state index contributed by atoms with van der Waals surface area (Å²) in [6, 6.07) is 8.63. The van der Waals surface area contributed by atoms with Crippen LogP contribution < -0.4 is 15.0 Å². The minimum atomic E-state index is 0.00249. The highest BCUT2D eigenvalue weighted by Gasteiger charge is 2.27. The fourth-order valence-corrected chi connectivity index (χ4v) is 5.99. The van der Waals surface area contributed by atoms with Gasteiger partial charge in [-0.3, -0.25) is 15.0 Å². The lowest BCUT2D eigenvalue weighted by molar-refractivity contribution is 0.162. The van der Waals surface area contributed by atoms with E-state index < -0.39 is 0 Å². The van der Waals surface area contributed by atoms with E-state index in [4.69, 9.17) is 14.7 Å². The molecule has 3 aliphatic heterocycles. The zero-order valence-electron chi connectivity index (χ0n) is 21.8. The van der Waals surface area contributed by atoms with Crippen LogP contribution in [-0.4, -0.2) is 57.9 Å². The van der Waals surface area contributed by atoms with Crippen molar-refractivity contribution in [2.24, 2.45) is 4.99 Å². The first-order valence-corrected chi connectivity index (χ1v) is 13.9. The monoisotopic (exact) mass is 507 g/mol. The van der Waals surface area contributed by atoms with Crippen LogP contribution in [0.2, 0.25) is 0 Å². The van der Waals surface area contributed by atoms with Gasteiger partial charge < -0.3 is 19.9 Å². The highest BCUT2D eigenvalue weighted by atomic mass is 16.5. The summed E-state index contributed by atoms with van der Waals surface area (Å²) in [5.74, 6) is 0.809. The topological polar surface area (TPSA) is 91.3 Å². The SMILES string of the molecule is CC1N=C(c2cc3c(N4CCCCC4)ccnc3[nH]2)c2cc(-c3cncc(OC4CCNCC4)c3)cnc21. The van der Waals surface area contributed by atoms with Gasteiger partial charge in [0.25, 0.3) is 0 Å². The summed E-state index contributed by atoms with van der Waals surface area (Å²) in [7, 11) is 0. The lowest BCUT2D eigenvalue weighted by Crippen LogP contribution is -2.34. The van der Waals surface area contributed by atoms with Crippen LogP contribution in [0.5, 0.6) is 5.75 Å². The number of rotatable bonds is 5. The second-order valence-corrected chi connectivity index (χ2v) is 10.6. The minimum absolute atomic E-state index is 0.00249. The molecule has 2 fully saturated rings. The molecule has 0 radical (unpaired) electrons. The Morgan fingerprint density at radius 2 is 1.79 bits per heavy atom. The van der Waals surface area contributed by atoms with Crippen molar-refractivity contribution in [2.45, 2.75) is 51.2 Å². The first kappa shape index (κ1) is 23.3. The van der Waals surface area contributed by atoms with Gasteiger partial charge in [-0.1, -0.05) is 0 Å². The van der Waals surface area contributed by atoms with E-state index in [1.54, 1.807) is 6.20 Å². The Labute approximate surface area is 222 Å². The summed E-state index contributed by atoms with van der Waals surface area (Å²) in [5, 5.41) is 4.54. The van der Waals surface area contributed by atoms with E-state index in [1.807, 2.05) is 18.6 Å². The van der Waals surface area contributed by atoms with Gasteiger partial charge in [0.05, 0.1) is 29.3 Å². The molecule has 1 unspecified atom stereocenters. The van der Waals surface area contributed by atoms with Gasteiger partial charge in [-0.2, -0.15) is 0 Å². The van der Waals surface area contributed by atoms with Gasteiger partial charge in [-0.15, -0.1) is 0 Å². The average molecular weight is 508 g/mol. The molecule has 2 N–H and O–H groups in total. The number of ether oxygens (including phenoxy) is 1. The number of anilines is 1. The summed E-state index contributed by atoms with van der Waals surface area (Å²) in [5.41, 5.74) is 8.17. The summed E-state index contributed by atoms with van der Waals surface area (Å²) in [6.07, 6.45) is 13.6. The second kappa shape index (κ2) is 9.83. The van der Waals surface area contributed by atoms with Crippen LogP contribution in [-0.2, 0) is 0 Å². The number of fused-ring (bicyclic) bond motifs is 2. The van der Waals surface area contributed by atoms with Gasteiger partial charge in [0, 0.05) is 59.4 Å². The molecule has 8 nitrogen and oxygen atoms in total. The van der Waals surface area contributed by atoms with Gasteiger partial charge in [0.15, 0.2) is 0 Å². The number of pyridine rings is 3. The van der Waals surface area contributed by atoms with E-state index >= 15 is 0 Å². The fourth-order valence-electron chi connectivity index (χ4n) is 5.99. The number of piperidine rings is 2. The van der Waals surface area contributed by atoms with Crippen molar-refractivity contribution in [1.82, 2.24) is 25.3 Å². The Hall–Kier alpha value is -3.78. The molecular formula is C30H33N7O. The van der Waals surface area contributed by atoms with Crippen LogP contribution in [0.4, 0.5) is 5.69 Å². The smallest absolute Gasteiger partial charge is 0.139 e. The standard InChI is InChI=1S/C30H33N7O/c1-19-28-25(14-21(17-34-28)20-13-23(18-32-16-20)38-22-5-8-31-9-6-22)29(35-19)26-15-24-27(7-10-33-30(24)36-26)37-11-3-2-4-12-37/h7,10,13-19,22,31H,2-6,8-9,11-12H2,1H3,(H,33,36). The van der Waals surface area contributed by atoms with Crippen LogP contribution in [0.1, 0.15) is 62.0 Å². The summed E-state index contributed by atoms with van der Waals surface area (Å²) >= 11 is 0. The zero-order valence-corrected chi connectivity index (χ0v) is 21.8. The summed E-state index contributed by atoms with van der Waals surface area (Å²) in [6.45, 7) is 6.29. The van der Waals surface area contributed by atoms with Crippen LogP contribution in [0.15, 0.2) is 54.0 Å². The van der Waals surface area contributed by atoms with Crippen molar-refractivity contribution in [1.29, 1.82) is 0 Å². The van der Waals surface area contributed by atoms with Gasteiger partial charge in [0.1, 0.15) is 17.5 Å². The van der Waals surface area contributed by atoms with Crippen LogP contribution >= 0.6 is 0 Å². The van der Waals surface area contributed by atoms with Crippen LogP contribution in [0, 0.1) is 0 Å². The molecule has 4 aromatic rings. The first-order valence-electron chi connectivity index (χ1n) is 13.9. The maximum atomic E-state index is 6.25. The number of nitrogens with one attached hydrogen (secondary N) is 2. The summed E-state index contributed by atoms with van der Waals surface area (Å²) in [4.78, 5) is 25.1.